The lowest BCUT2D eigenvalue weighted by Gasteiger charge is -2.30. The number of rotatable bonds is 3. The van der Waals surface area contributed by atoms with Crippen LogP contribution in [0, 0.1) is 5.92 Å². The maximum absolute atomic E-state index is 12.5. The molecule has 0 saturated carbocycles. The lowest BCUT2D eigenvalue weighted by molar-refractivity contribution is 0.0697. The maximum Gasteiger partial charge on any atom is 0.255 e. The number of nitrogens with one attached hydrogen (secondary N) is 1. The highest BCUT2D eigenvalue weighted by molar-refractivity contribution is 6.05. The summed E-state index contributed by atoms with van der Waals surface area (Å²) in [6.07, 6.45) is 2.11. The number of nitrogens with zero attached hydrogens (tertiary/aromatic N) is 1. The smallest absolute Gasteiger partial charge is 0.255 e. The molecule has 0 bridgehead atoms. The number of amides is 2. The van der Waals surface area contributed by atoms with Gasteiger partial charge >= 0.3 is 0 Å². The number of likely N-dealkylation sites (tertiary alicyclic amines) is 1. The lowest BCUT2D eigenvalue weighted by Crippen LogP contribution is -2.37. The molecule has 1 heterocycles. The predicted molar refractivity (Wildman–Crippen MR) is 107 cm³/mol. The van der Waals surface area contributed by atoms with E-state index in [0.29, 0.717) is 28.4 Å². The molecule has 1 saturated heterocycles. The molecule has 2 amide bonds. The molecule has 0 unspecified atom stereocenters. The van der Waals surface area contributed by atoms with Gasteiger partial charge in [-0.1, -0.05) is 13.0 Å². The van der Waals surface area contributed by atoms with Gasteiger partial charge in [0, 0.05) is 35.6 Å². The van der Waals surface area contributed by atoms with Crippen LogP contribution in [-0.2, 0) is 0 Å². The molecule has 2 aromatic rings. The minimum Gasteiger partial charge on any atom is -0.399 e. The summed E-state index contributed by atoms with van der Waals surface area (Å²) in [6, 6.07) is 13.8. The van der Waals surface area contributed by atoms with Gasteiger partial charge in [0.2, 0.25) is 0 Å². The number of anilines is 2. The summed E-state index contributed by atoms with van der Waals surface area (Å²) in [5.74, 6) is 0.519. The van der Waals surface area contributed by atoms with Crippen molar-refractivity contribution >= 4 is 35.6 Å². The van der Waals surface area contributed by atoms with Crippen LogP contribution < -0.4 is 11.1 Å². The molecule has 26 heavy (non-hydrogen) atoms. The van der Waals surface area contributed by atoms with Gasteiger partial charge in [0.15, 0.2) is 0 Å². The summed E-state index contributed by atoms with van der Waals surface area (Å²) in [6.45, 7) is 3.85. The van der Waals surface area contributed by atoms with E-state index in [-0.39, 0.29) is 24.2 Å². The monoisotopic (exact) mass is 373 g/mol. The Bertz CT molecular complexity index is 769. The number of carbonyl (C=O) groups excluding carboxylic acids is 2. The standard InChI is InChI=1S/C20H23N3O2.ClH/c1-14-9-11-23(12-10-14)20(25)15-5-7-18(8-6-15)22-19(24)16-3-2-4-17(21)13-16;/h2-8,13-14H,9-12,21H2,1H3,(H,22,24);1H. The van der Waals surface area contributed by atoms with E-state index in [1.54, 1.807) is 48.5 Å². The Balaban J connectivity index is 0.00000243. The third-order valence-electron chi connectivity index (χ3n) is 4.61. The Morgan fingerprint density at radius 3 is 2.31 bits per heavy atom. The average Bonchev–Trinajstić information content (AvgIpc) is 2.62. The average molecular weight is 374 g/mol. The lowest BCUT2D eigenvalue weighted by atomic mass is 9.98. The molecule has 0 radical (unpaired) electrons. The Morgan fingerprint density at radius 2 is 1.69 bits per heavy atom. The zero-order valence-corrected chi connectivity index (χ0v) is 15.6. The molecule has 1 aliphatic heterocycles. The number of hydrogen-bond donors (Lipinski definition) is 2. The van der Waals surface area contributed by atoms with Crippen molar-refractivity contribution in [2.24, 2.45) is 5.92 Å². The fraction of sp³-hybridized carbons (Fsp3) is 0.300. The van der Waals surface area contributed by atoms with Gasteiger partial charge < -0.3 is 16.0 Å². The third-order valence-corrected chi connectivity index (χ3v) is 4.61. The fourth-order valence-electron chi connectivity index (χ4n) is 2.97. The van der Waals surface area contributed by atoms with Crippen molar-refractivity contribution in [3.63, 3.8) is 0 Å². The molecule has 3 N–H and O–H groups in total. The van der Waals surface area contributed by atoms with Gasteiger partial charge in [-0.15, -0.1) is 12.4 Å². The van der Waals surface area contributed by atoms with Crippen molar-refractivity contribution in [3.8, 4) is 0 Å². The molecule has 6 heteroatoms. The highest BCUT2D eigenvalue weighted by Crippen LogP contribution is 2.19. The largest absolute Gasteiger partial charge is 0.399 e. The molecule has 0 aromatic heterocycles. The van der Waals surface area contributed by atoms with E-state index < -0.39 is 0 Å². The topological polar surface area (TPSA) is 75.4 Å². The molecule has 1 aliphatic rings. The van der Waals surface area contributed by atoms with Crippen LogP contribution >= 0.6 is 12.4 Å². The minimum absolute atomic E-state index is 0. The van der Waals surface area contributed by atoms with Crippen LogP contribution in [0.3, 0.4) is 0 Å². The van der Waals surface area contributed by atoms with Crippen molar-refractivity contribution < 1.29 is 9.59 Å². The van der Waals surface area contributed by atoms with Gasteiger partial charge in [0.25, 0.3) is 11.8 Å². The van der Waals surface area contributed by atoms with Crippen LogP contribution in [0.5, 0.6) is 0 Å². The summed E-state index contributed by atoms with van der Waals surface area (Å²) < 4.78 is 0. The minimum atomic E-state index is -0.226. The van der Waals surface area contributed by atoms with Crippen LogP contribution in [0.1, 0.15) is 40.5 Å². The molecular formula is C20H24ClN3O2. The number of nitrogen functional groups attached to an aromatic ring is 1. The normalized spacial score (nSPS) is 14.4. The zero-order valence-electron chi connectivity index (χ0n) is 14.8. The van der Waals surface area contributed by atoms with Crippen LogP contribution in [0.15, 0.2) is 48.5 Å². The van der Waals surface area contributed by atoms with Crippen LogP contribution in [0.25, 0.3) is 0 Å². The molecule has 1 fully saturated rings. The van der Waals surface area contributed by atoms with Crippen LogP contribution in [0.4, 0.5) is 11.4 Å². The summed E-state index contributed by atoms with van der Waals surface area (Å²) >= 11 is 0. The highest BCUT2D eigenvalue weighted by Gasteiger charge is 2.21. The molecule has 0 aliphatic carbocycles. The quantitative estimate of drug-likeness (QED) is 0.803. The van der Waals surface area contributed by atoms with E-state index in [1.807, 2.05) is 4.90 Å². The van der Waals surface area contributed by atoms with E-state index in [0.717, 1.165) is 25.9 Å². The van der Waals surface area contributed by atoms with Gasteiger partial charge in [0.05, 0.1) is 0 Å². The first-order chi connectivity index (χ1) is 12.0. The van der Waals surface area contributed by atoms with E-state index in [1.165, 1.54) is 0 Å². The molecule has 138 valence electrons. The summed E-state index contributed by atoms with van der Waals surface area (Å²) in [5.41, 5.74) is 8.05. The Hall–Kier alpha value is -2.53. The highest BCUT2D eigenvalue weighted by atomic mass is 35.5. The number of benzene rings is 2. The van der Waals surface area contributed by atoms with Crippen molar-refractivity contribution in [1.82, 2.24) is 4.90 Å². The van der Waals surface area contributed by atoms with Crippen molar-refractivity contribution in [3.05, 3.63) is 59.7 Å². The van der Waals surface area contributed by atoms with Crippen molar-refractivity contribution in [2.45, 2.75) is 19.8 Å². The number of piperidine rings is 1. The zero-order chi connectivity index (χ0) is 17.8. The first-order valence-corrected chi connectivity index (χ1v) is 8.59. The fourth-order valence-corrected chi connectivity index (χ4v) is 2.97. The van der Waals surface area contributed by atoms with Gasteiger partial charge in [-0.3, -0.25) is 9.59 Å². The Labute approximate surface area is 160 Å². The molecule has 3 rings (SSSR count). The third kappa shape index (κ3) is 4.76. The number of halogens is 1. The SMILES string of the molecule is CC1CCN(C(=O)c2ccc(NC(=O)c3cccc(N)c3)cc2)CC1.Cl. The second-order valence-corrected chi connectivity index (χ2v) is 6.63. The molecule has 0 spiro atoms. The van der Waals surface area contributed by atoms with Gasteiger partial charge in [0.1, 0.15) is 0 Å². The Kier molecular flexibility index (Phi) is 6.64. The number of carbonyl (C=O) groups is 2. The molecule has 2 aromatic carbocycles. The predicted octanol–water partition coefficient (Wildman–Crippen LogP) is 3.82. The van der Waals surface area contributed by atoms with Crippen molar-refractivity contribution in [2.75, 3.05) is 24.1 Å². The molecular weight excluding hydrogens is 350 g/mol. The van der Waals surface area contributed by atoms with E-state index >= 15 is 0 Å². The maximum atomic E-state index is 12.5. The van der Waals surface area contributed by atoms with E-state index in [4.69, 9.17) is 5.73 Å². The summed E-state index contributed by atoms with van der Waals surface area (Å²) in [7, 11) is 0. The van der Waals surface area contributed by atoms with E-state index in [2.05, 4.69) is 12.2 Å². The molecule has 0 atom stereocenters. The van der Waals surface area contributed by atoms with Crippen LogP contribution in [0.2, 0.25) is 0 Å². The van der Waals surface area contributed by atoms with Gasteiger partial charge in [-0.05, 0) is 61.2 Å². The van der Waals surface area contributed by atoms with Gasteiger partial charge in [-0.2, -0.15) is 0 Å². The first-order valence-electron chi connectivity index (χ1n) is 8.59. The molecule has 5 nitrogen and oxygen atoms in total. The summed E-state index contributed by atoms with van der Waals surface area (Å²) in [5, 5.41) is 2.82. The van der Waals surface area contributed by atoms with E-state index in [9.17, 15) is 9.59 Å². The number of nitrogens with two attached hydrogens (primary N) is 1. The summed E-state index contributed by atoms with van der Waals surface area (Å²) in [4.78, 5) is 26.6. The second kappa shape index (κ2) is 8.72. The van der Waals surface area contributed by atoms with Crippen LogP contribution in [-0.4, -0.2) is 29.8 Å². The number of hydrogen-bond acceptors (Lipinski definition) is 3. The second-order valence-electron chi connectivity index (χ2n) is 6.63. The first kappa shape index (κ1) is 19.8. The Morgan fingerprint density at radius 1 is 1.04 bits per heavy atom. The van der Waals surface area contributed by atoms with Gasteiger partial charge in [-0.25, -0.2) is 0 Å². The van der Waals surface area contributed by atoms with Crippen molar-refractivity contribution in [1.29, 1.82) is 0 Å².